The Labute approximate surface area is 108 Å². The van der Waals surface area contributed by atoms with Gasteiger partial charge in [-0.15, -0.1) is 0 Å². The van der Waals surface area contributed by atoms with Crippen LogP contribution in [0.15, 0.2) is 22.7 Å². The lowest BCUT2D eigenvalue weighted by Crippen LogP contribution is -2.34. The van der Waals surface area contributed by atoms with Gasteiger partial charge in [0.2, 0.25) is 0 Å². The molecule has 1 aromatic rings. The summed E-state index contributed by atoms with van der Waals surface area (Å²) in [7, 11) is 0. The van der Waals surface area contributed by atoms with Gasteiger partial charge < -0.3 is 10.4 Å². The zero-order valence-electron chi connectivity index (χ0n) is 9.74. The zero-order valence-corrected chi connectivity index (χ0v) is 11.3. The zero-order chi connectivity index (χ0) is 13.1. The first-order valence-corrected chi connectivity index (χ1v) is 5.95. The van der Waals surface area contributed by atoms with Crippen molar-refractivity contribution in [2.75, 3.05) is 6.54 Å². The molecule has 0 aliphatic rings. The molecule has 0 heterocycles. The van der Waals surface area contributed by atoms with Crippen LogP contribution >= 0.6 is 15.9 Å². The first kappa shape index (κ1) is 14.1. The molecule has 0 fully saturated rings. The molecule has 0 atom stereocenters. The Hall–Kier alpha value is -0.980. The lowest BCUT2D eigenvalue weighted by Gasteiger charge is -2.17. The first-order chi connectivity index (χ1) is 7.79. The molecule has 0 saturated carbocycles. The molecule has 94 valence electrons. The summed E-state index contributed by atoms with van der Waals surface area (Å²) in [5.74, 6) is 0. The van der Waals surface area contributed by atoms with Crippen LogP contribution in [0.2, 0.25) is 0 Å². The molecule has 1 rings (SSSR count). The van der Waals surface area contributed by atoms with Gasteiger partial charge in [0.15, 0.2) is 0 Å². The summed E-state index contributed by atoms with van der Waals surface area (Å²) in [6.45, 7) is 4.43. The van der Waals surface area contributed by atoms with Crippen LogP contribution < -0.4 is 5.32 Å². The number of nitrogens with zero attached hydrogens (tertiary/aromatic N) is 1. The fourth-order valence-corrected chi connectivity index (χ4v) is 1.80. The highest BCUT2D eigenvalue weighted by Gasteiger charge is 2.12. The van der Waals surface area contributed by atoms with Gasteiger partial charge in [-0.2, -0.15) is 0 Å². The number of non-ortho nitro benzene ring substituents is 1. The van der Waals surface area contributed by atoms with E-state index >= 15 is 0 Å². The molecule has 17 heavy (non-hydrogen) atoms. The minimum Gasteiger partial charge on any atom is -0.389 e. The van der Waals surface area contributed by atoms with E-state index in [2.05, 4.69) is 21.2 Å². The van der Waals surface area contributed by atoms with Crippen LogP contribution in [0, 0.1) is 10.1 Å². The van der Waals surface area contributed by atoms with Gasteiger partial charge in [-0.3, -0.25) is 10.1 Å². The standard InChI is InChI=1S/C11H15BrN2O3/c1-11(2,15)7-13-6-8-3-4-9(14(16)17)5-10(8)12/h3-5,13,15H,6-7H2,1-2H3. The fourth-order valence-electron chi connectivity index (χ4n) is 1.30. The van der Waals surface area contributed by atoms with E-state index in [4.69, 9.17) is 0 Å². The van der Waals surface area contributed by atoms with Crippen molar-refractivity contribution in [3.8, 4) is 0 Å². The van der Waals surface area contributed by atoms with Gasteiger partial charge in [-0.25, -0.2) is 0 Å². The topological polar surface area (TPSA) is 75.4 Å². The molecule has 1 aromatic carbocycles. The Kier molecular flexibility index (Phi) is 4.62. The number of nitro groups is 1. The van der Waals surface area contributed by atoms with Gasteiger partial charge in [-0.1, -0.05) is 15.9 Å². The van der Waals surface area contributed by atoms with E-state index in [1.54, 1.807) is 19.9 Å². The molecule has 0 amide bonds. The van der Waals surface area contributed by atoms with Crippen molar-refractivity contribution in [3.63, 3.8) is 0 Å². The number of halogens is 1. The van der Waals surface area contributed by atoms with E-state index in [-0.39, 0.29) is 5.69 Å². The van der Waals surface area contributed by atoms with E-state index in [1.165, 1.54) is 12.1 Å². The summed E-state index contributed by atoms with van der Waals surface area (Å²) >= 11 is 3.29. The van der Waals surface area contributed by atoms with Crippen LogP contribution in [0.4, 0.5) is 5.69 Å². The maximum atomic E-state index is 10.5. The molecule has 0 spiro atoms. The van der Waals surface area contributed by atoms with Crippen molar-refractivity contribution < 1.29 is 10.0 Å². The van der Waals surface area contributed by atoms with E-state index < -0.39 is 10.5 Å². The Morgan fingerprint density at radius 2 is 2.18 bits per heavy atom. The van der Waals surface area contributed by atoms with Crippen molar-refractivity contribution >= 4 is 21.6 Å². The third kappa shape index (κ3) is 4.80. The van der Waals surface area contributed by atoms with Crippen molar-refractivity contribution in [1.29, 1.82) is 0 Å². The number of hydrogen-bond donors (Lipinski definition) is 2. The van der Waals surface area contributed by atoms with Crippen LogP contribution in [0.5, 0.6) is 0 Å². The molecule has 0 radical (unpaired) electrons. The molecule has 0 saturated heterocycles. The number of aliphatic hydroxyl groups is 1. The summed E-state index contributed by atoms with van der Waals surface area (Å²) < 4.78 is 0.690. The highest BCUT2D eigenvalue weighted by atomic mass is 79.9. The molecule has 0 aliphatic heterocycles. The van der Waals surface area contributed by atoms with Crippen molar-refractivity contribution in [2.45, 2.75) is 26.0 Å². The van der Waals surface area contributed by atoms with E-state index in [9.17, 15) is 15.2 Å². The van der Waals surface area contributed by atoms with Gasteiger partial charge in [0.1, 0.15) is 0 Å². The van der Waals surface area contributed by atoms with Gasteiger partial charge >= 0.3 is 0 Å². The van der Waals surface area contributed by atoms with Gasteiger partial charge in [-0.05, 0) is 25.5 Å². The Balaban J connectivity index is 2.64. The van der Waals surface area contributed by atoms with Crippen LogP contribution in [-0.2, 0) is 6.54 Å². The first-order valence-electron chi connectivity index (χ1n) is 5.15. The normalized spacial score (nSPS) is 11.5. The molecule has 0 aromatic heterocycles. The van der Waals surface area contributed by atoms with Crippen molar-refractivity contribution in [3.05, 3.63) is 38.3 Å². The largest absolute Gasteiger partial charge is 0.389 e. The van der Waals surface area contributed by atoms with Crippen LogP contribution in [-0.4, -0.2) is 22.2 Å². The van der Waals surface area contributed by atoms with E-state index in [0.29, 0.717) is 17.6 Å². The SMILES string of the molecule is CC(C)(O)CNCc1ccc([N+](=O)[O-])cc1Br. The van der Waals surface area contributed by atoms with Crippen molar-refractivity contribution in [1.82, 2.24) is 5.32 Å². The molecule has 2 N–H and O–H groups in total. The molecule has 6 heteroatoms. The lowest BCUT2D eigenvalue weighted by molar-refractivity contribution is -0.384. The minimum absolute atomic E-state index is 0.0584. The third-order valence-electron chi connectivity index (χ3n) is 2.12. The van der Waals surface area contributed by atoms with Crippen LogP contribution in [0.3, 0.4) is 0 Å². The highest BCUT2D eigenvalue weighted by molar-refractivity contribution is 9.10. The molecule has 0 unspecified atom stereocenters. The van der Waals surface area contributed by atoms with Crippen LogP contribution in [0.1, 0.15) is 19.4 Å². The summed E-state index contributed by atoms with van der Waals surface area (Å²) in [6.07, 6.45) is 0. The fraction of sp³-hybridized carbons (Fsp3) is 0.455. The smallest absolute Gasteiger partial charge is 0.270 e. The second kappa shape index (κ2) is 5.57. The third-order valence-corrected chi connectivity index (χ3v) is 2.86. The lowest BCUT2D eigenvalue weighted by atomic mass is 10.1. The second-order valence-electron chi connectivity index (χ2n) is 4.45. The Morgan fingerprint density at radius 1 is 1.53 bits per heavy atom. The number of rotatable bonds is 5. The quantitative estimate of drug-likeness (QED) is 0.646. The van der Waals surface area contributed by atoms with E-state index in [1.807, 2.05) is 0 Å². The maximum absolute atomic E-state index is 10.5. The number of nitrogens with one attached hydrogen (secondary N) is 1. The van der Waals surface area contributed by atoms with Crippen LogP contribution in [0.25, 0.3) is 0 Å². The average molecular weight is 303 g/mol. The molecule has 5 nitrogen and oxygen atoms in total. The maximum Gasteiger partial charge on any atom is 0.270 e. The number of benzene rings is 1. The Morgan fingerprint density at radius 3 is 2.65 bits per heavy atom. The minimum atomic E-state index is -0.771. The molecular weight excluding hydrogens is 288 g/mol. The second-order valence-corrected chi connectivity index (χ2v) is 5.30. The van der Waals surface area contributed by atoms with Crippen molar-refractivity contribution in [2.24, 2.45) is 0 Å². The molecule has 0 bridgehead atoms. The molecule has 0 aliphatic carbocycles. The highest BCUT2D eigenvalue weighted by Crippen LogP contribution is 2.22. The summed E-state index contributed by atoms with van der Waals surface area (Å²) in [5.41, 5.74) is 0.204. The van der Waals surface area contributed by atoms with Gasteiger partial charge in [0.05, 0.1) is 10.5 Å². The number of nitro benzene ring substituents is 1. The predicted molar refractivity (Wildman–Crippen MR) is 68.8 cm³/mol. The van der Waals surface area contributed by atoms with Gasteiger partial charge in [0, 0.05) is 29.7 Å². The summed E-state index contributed by atoms with van der Waals surface area (Å²) in [4.78, 5) is 10.1. The van der Waals surface area contributed by atoms with Gasteiger partial charge in [0.25, 0.3) is 5.69 Å². The Bertz CT molecular complexity index is 416. The number of hydrogen-bond acceptors (Lipinski definition) is 4. The van der Waals surface area contributed by atoms with E-state index in [0.717, 1.165) is 5.56 Å². The summed E-state index contributed by atoms with van der Waals surface area (Å²) in [5, 5.41) is 23.1. The molecular formula is C11H15BrN2O3. The predicted octanol–water partition coefficient (Wildman–Crippen LogP) is 2.22. The monoisotopic (exact) mass is 302 g/mol. The average Bonchev–Trinajstić information content (AvgIpc) is 2.18. The summed E-state index contributed by atoms with van der Waals surface area (Å²) in [6, 6.07) is 4.63.